The van der Waals surface area contributed by atoms with Crippen LogP contribution in [-0.2, 0) is 4.79 Å². The van der Waals surface area contributed by atoms with Crippen molar-refractivity contribution in [3.63, 3.8) is 0 Å². The van der Waals surface area contributed by atoms with Crippen LogP contribution in [0.5, 0.6) is 0 Å². The Labute approximate surface area is 130 Å². The van der Waals surface area contributed by atoms with Crippen molar-refractivity contribution in [3.05, 3.63) is 0 Å². The van der Waals surface area contributed by atoms with E-state index in [9.17, 15) is 4.79 Å². The summed E-state index contributed by atoms with van der Waals surface area (Å²) < 4.78 is 0. The molecule has 1 saturated heterocycles. The van der Waals surface area contributed by atoms with Crippen molar-refractivity contribution in [2.45, 2.75) is 84.1 Å². The molecule has 122 valence electrons. The summed E-state index contributed by atoms with van der Waals surface area (Å²) in [6.45, 7) is 5.83. The summed E-state index contributed by atoms with van der Waals surface area (Å²) in [5.41, 5.74) is 5.82. The van der Waals surface area contributed by atoms with Gasteiger partial charge in [-0.15, -0.1) is 0 Å². The number of hydrogen-bond acceptors (Lipinski definition) is 2. The lowest BCUT2D eigenvalue weighted by atomic mass is 9.74. The number of rotatable bonds is 6. The van der Waals surface area contributed by atoms with Gasteiger partial charge in [0.25, 0.3) is 0 Å². The highest BCUT2D eigenvalue weighted by Gasteiger charge is 2.43. The highest BCUT2D eigenvalue weighted by molar-refractivity contribution is 5.83. The zero-order chi connectivity index (χ0) is 15.3. The molecule has 0 aromatic rings. The SMILES string of the molecule is CCCC(CN)(CCC)C(=O)N1CCC[C@H]2CCCC[C@H]21. The molecule has 1 aliphatic carbocycles. The van der Waals surface area contributed by atoms with E-state index in [0.29, 0.717) is 18.5 Å². The fourth-order valence-corrected chi connectivity index (χ4v) is 4.77. The molecular formula is C18H34N2O. The summed E-state index contributed by atoms with van der Waals surface area (Å²) in [6, 6.07) is 0.514. The van der Waals surface area contributed by atoms with Gasteiger partial charge in [0, 0.05) is 19.1 Å². The molecule has 0 aromatic carbocycles. The van der Waals surface area contributed by atoms with Crippen molar-refractivity contribution >= 4 is 5.91 Å². The number of carbonyl (C=O) groups is 1. The fourth-order valence-electron chi connectivity index (χ4n) is 4.77. The first-order valence-electron chi connectivity index (χ1n) is 9.19. The van der Waals surface area contributed by atoms with Crippen LogP contribution < -0.4 is 5.73 Å². The van der Waals surface area contributed by atoms with E-state index in [2.05, 4.69) is 18.7 Å². The summed E-state index contributed by atoms with van der Waals surface area (Å²) in [6.07, 6.45) is 11.7. The van der Waals surface area contributed by atoms with E-state index < -0.39 is 0 Å². The third-order valence-electron chi connectivity index (χ3n) is 5.81. The summed E-state index contributed by atoms with van der Waals surface area (Å²) >= 11 is 0. The molecule has 3 nitrogen and oxygen atoms in total. The maximum Gasteiger partial charge on any atom is 0.230 e. The van der Waals surface area contributed by atoms with Gasteiger partial charge in [-0.05, 0) is 44.4 Å². The number of nitrogens with two attached hydrogens (primary N) is 1. The first kappa shape index (κ1) is 16.8. The van der Waals surface area contributed by atoms with E-state index in [1.807, 2.05) is 0 Å². The predicted molar refractivity (Wildman–Crippen MR) is 88.0 cm³/mol. The molecule has 2 atom stereocenters. The van der Waals surface area contributed by atoms with Crippen LogP contribution in [0.1, 0.15) is 78.1 Å². The third-order valence-corrected chi connectivity index (χ3v) is 5.81. The lowest BCUT2D eigenvalue weighted by Crippen LogP contribution is -2.56. The molecule has 0 bridgehead atoms. The maximum atomic E-state index is 13.3. The van der Waals surface area contributed by atoms with E-state index in [0.717, 1.165) is 38.1 Å². The molecule has 1 heterocycles. The van der Waals surface area contributed by atoms with Gasteiger partial charge in [0.2, 0.25) is 5.91 Å². The molecule has 2 rings (SSSR count). The van der Waals surface area contributed by atoms with Gasteiger partial charge >= 0.3 is 0 Å². The number of likely N-dealkylation sites (tertiary alicyclic amines) is 1. The van der Waals surface area contributed by atoms with Gasteiger partial charge in [0.1, 0.15) is 0 Å². The van der Waals surface area contributed by atoms with Crippen LogP contribution in [0.4, 0.5) is 0 Å². The highest BCUT2D eigenvalue weighted by atomic mass is 16.2. The number of carbonyl (C=O) groups excluding carboxylic acids is 1. The normalized spacial score (nSPS) is 26.5. The fraction of sp³-hybridized carbons (Fsp3) is 0.944. The largest absolute Gasteiger partial charge is 0.339 e. The van der Waals surface area contributed by atoms with Crippen molar-refractivity contribution in [1.29, 1.82) is 0 Å². The zero-order valence-electron chi connectivity index (χ0n) is 14.1. The Balaban J connectivity index is 2.17. The Morgan fingerprint density at radius 2 is 1.71 bits per heavy atom. The summed E-state index contributed by atoms with van der Waals surface area (Å²) in [5.74, 6) is 1.14. The smallest absolute Gasteiger partial charge is 0.230 e. The minimum atomic E-state index is -0.289. The quantitative estimate of drug-likeness (QED) is 0.811. The second-order valence-corrected chi connectivity index (χ2v) is 7.24. The third kappa shape index (κ3) is 3.44. The second-order valence-electron chi connectivity index (χ2n) is 7.24. The van der Waals surface area contributed by atoms with Crippen molar-refractivity contribution in [1.82, 2.24) is 4.90 Å². The highest BCUT2D eigenvalue weighted by Crippen LogP contribution is 2.39. The molecule has 0 unspecified atom stereocenters. The van der Waals surface area contributed by atoms with Crippen LogP contribution in [0.25, 0.3) is 0 Å². The van der Waals surface area contributed by atoms with E-state index >= 15 is 0 Å². The van der Waals surface area contributed by atoms with E-state index in [-0.39, 0.29) is 5.41 Å². The Bertz CT molecular complexity index is 334. The molecule has 2 fully saturated rings. The Hall–Kier alpha value is -0.570. The first-order valence-corrected chi connectivity index (χ1v) is 9.19. The lowest BCUT2D eigenvalue weighted by molar-refractivity contribution is -0.149. The molecule has 2 N–H and O–H groups in total. The van der Waals surface area contributed by atoms with E-state index in [4.69, 9.17) is 5.73 Å². The minimum Gasteiger partial charge on any atom is -0.339 e. The van der Waals surface area contributed by atoms with Crippen LogP contribution in [0.15, 0.2) is 0 Å². The molecule has 2 aliphatic rings. The van der Waals surface area contributed by atoms with Gasteiger partial charge in [-0.1, -0.05) is 39.5 Å². The molecule has 1 saturated carbocycles. The van der Waals surface area contributed by atoms with Crippen LogP contribution in [0.2, 0.25) is 0 Å². The average molecular weight is 294 g/mol. The molecule has 3 heteroatoms. The predicted octanol–water partition coefficient (Wildman–Crippen LogP) is 3.71. The number of fused-ring (bicyclic) bond motifs is 1. The van der Waals surface area contributed by atoms with Crippen molar-refractivity contribution in [3.8, 4) is 0 Å². The van der Waals surface area contributed by atoms with E-state index in [1.165, 1.54) is 38.5 Å². The van der Waals surface area contributed by atoms with Crippen LogP contribution in [-0.4, -0.2) is 29.9 Å². The van der Waals surface area contributed by atoms with Crippen LogP contribution >= 0.6 is 0 Å². The monoisotopic (exact) mass is 294 g/mol. The first-order chi connectivity index (χ1) is 10.2. The molecule has 1 amide bonds. The Kier molecular flexibility index (Phi) is 6.09. The summed E-state index contributed by atoms with van der Waals surface area (Å²) in [4.78, 5) is 15.6. The molecule has 1 aliphatic heterocycles. The molecule has 0 aromatic heterocycles. The molecule has 0 radical (unpaired) electrons. The van der Waals surface area contributed by atoms with Crippen LogP contribution in [0.3, 0.4) is 0 Å². The average Bonchev–Trinajstić information content (AvgIpc) is 2.53. The van der Waals surface area contributed by atoms with Gasteiger partial charge in [0.05, 0.1) is 5.41 Å². The van der Waals surface area contributed by atoms with Gasteiger partial charge < -0.3 is 10.6 Å². The summed E-state index contributed by atoms with van der Waals surface area (Å²) in [5, 5.41) is 0. The van der Waals surface area contributed by atoms with E-state index in [1.54, 1.807) is 0 Å². The molecule has 0 spiro atoms. The molecular weight excluding hydrogens is 260 g/mol. The van der Waals surface area contributed by atoms with Crippen molar-refractivity contribution < 1.29 is 4.79 Å². The van der Waals surface area contributed by atoms with Gasteiger partial charge in [-0.3, -0.25) is 4.79 Å². The lowest BCUT2D eigenvalue weighted by Gasteiger charge is -2.47. The zero-order valence-corrected chi connectivity index (χ0v) is 14.1. The minimum absolute atomic E-state index is 0.289. The van der Waals surface area contributed by atoms with Crippen LogP contribution in [0, 0.1) is 11.3 Å². The van der Waals surface area contributed by atoms with Gasteiger partial charge in [-0.2, -0.15) is 0 Å². The molecule has 21 heavy (non-hydrogen) atoms. The summed E-state index contributed by atoms with van der Waals surface area (Å²) in [7, 11) is 0. The topological polar surface area (TPSA) is 46.3 Å². The number of nitrogens with zero attached hydrogens (tertiary/aromatic N) is 1. The number of hydrogen-bond donors (Lipinski definition) is 1. The second kappa shape index (κ2) is 7.62. The van der Waals surface area contributed by atoms with Crippen molar-refractivity contribution in [2.24, 2.45) is 17.1 Å². The van der Waals surface area contributed by atoms with Gasteiger partial charge in [0.15, 0.2) is 0 Å². The van der Waals surface area contributed by atoms with Crippen molar-refractivity contribution in [2.75, 3.05) is 13.1 Å². The number of piperidine rings is 1. The number of amides is 1. The maximum absolute atomic E-state index is 13.3. The standard InChI is InChI=1S/C18H34N2O/c1-3-11-18(14-19,12-4-2)17(21)20-13-7-9-15-8-5-6-10-16(15)20/h15-16H,3-14,19H2,1-2H3/t15-,16-/m1/s1. The van der Waals surface area contributed by atoms with Gasteiger partial charge in [-0.25, -0.2) is 0 Å². The Morgan fingerprint density at radius 3 is 2.33 bits per heavy atom. The Morgan fingerprint density at radius 1 is 1.10 bits per heavy atom.